The summed E-state index contributed by atoms with van der Waals surface area (Å²) in [7, 11) is 3.08. The average molecular weight is 239 g/mol. The predicted octanol–water partition coefficient (Wildman–Crippen LogP) is 1.47. The van der Waals surface area contributed by atoms with Crippen molar-refractivity contribution in [2.45, 2.75) is 13.0 Å². The Hall–Kier alpha value is -1.75. The number of benzene rings is 1. The van der Waals surface area contributed by atoms with Gasteiger partial charge in [0.15, 0.2) is 0 Å². The van der Waals surface area contributed by atoms with Crippen LogP contribution in [0.2, 0.25) is 0 Å². The van der Waals surface area contributed by atoms with Crippen molar-refractivity contribution in [1.82, 2.24) is 0 Å². The Morgan fingerprint density at radius 2 is 2.12 bits per heavy atom. The van der Waals surface area contributed by atoms with Crippen molar-refractivity contribution in [1.29, 1.82) is 0 Å². The minimum absolute atomic E-state index is 0.130. The van der Waals surface area contributed by atoms with Crippen LogP contribution in [-0.4, -0.2) is 32.9 Å². The van der Waals surface area contributed by atoms with Gasteiger partial charge in [-0.2, -0.15) is 0 Å². The minimum Gasteiger partial charge on any atom is -0.495 e. The van der Waals surface area contributed by atoms with Crippen molar-refractivity contribution >= 4 is 11.7 Å². The molecule has 0 aliphatic heterocycles. The summed E-state index contributed by atoms with van der Waals surface area (Å²) in [6.07, 6.45) is -0.130. The van der Waals surface area contributed by atoms with Crippen LogP contribution < -0.4 is 10.5 Å². The lowest BCUT2D eigenvalue weighted by Gasteiger charge is -2.11. The first-order valence-corrected chi connectivity index (χ1v) is 5.22. The number of anilines is 1. The first-order chi connectivity index (χ1) is 8.08. The third kappa shape index (κ3) is 3.64. The van der Waals surface area contributed by atoms with Gasteiger partial charge in [0.05, 0.1) is 24.5 Å². The Bertz CT molecular complexity index is 392. The van der Waals surface area contributed by atoms with Crippen molar-refractivity contribution in [3.8, 4) is 5.75 Å². The molecule has 1 aromatic carbocycles. The molecule has 0 amide bonds. The molecule has 1 rings (SSSR count). The smallest absolute Gasteiger partial charge is 0.338 e. The molecule has 0 saturated heterocycles. The zero-order valence-corrected chi connectivity index (χ0v) is 10.2. The maximum Gasteiger partial charge on any atom is 0.338 e. The quantitative estimate of drug-likeness (QED) is 0.622. The van der Waals surface area contributed by atoms with Crippen LogP contribution in [0.5, 0.6) is 5.75 Å². The number of rotatable bonds is 5. The van der Waals surface area contributed by atoms with Crippen molar-refractivity contribution in [3.63, 3.8) is 0 Å². The van der Waals surface area contributed by atoms with Crippen LogP contribution in [0.15, 0.2) is 18.2 Å². The summed E-state index contributed by atoms with van der Waals surface area (Å²) in [4.78, 5) is 11.6. The summed E-state index contributed by atoms with van der Waals surface area (Å²) in [5, 5.41) is 0. The van der Waals surface area contributed by atoms with E-state index in [4.69, 9.17) is 19.9 Å². The number of carbonyl (C=O) groups is 1. The first-order valence-electron chi connectivity index (χ1n) is 5.22. The van der Waals surface area contributed by atoms with Gasteiger partial charge >= 0.3 is 5.97 Å². The van der Waals surface area contributed by atoms with Crippen LogP contribution >= 0.6 is 0 Å². The molecule has 0 fully saturated rings. The molecule has 5 heteroatoms. The summed E-state index contributed by atoms with van der Waals surface area (Å²) in [6.45, 7) is 2.02. The van der Waals surface area contributed by atoms with E-state index in [0.717, 1.165) is 0 Å². The highest BCUT2D eigenvalue weighted by Crippen LogP contribution is 2.22. The van der Waals surface area contributed by atoms with Crippen LogP contribution in [0.4, 0.5) is 5.69 Å². The zero-order valence-electron chi connectivity index (χ0n) is 10.2. The molecule has 0 bridgehead atoms. The monoisotopic (exact) mass is 239 g/mol. The highest BCUT2D eigenvalue weighted by molar-refractivity contribution is 5.91. The lowest BCUT2D eigenvalue weighted by atomic mass is 10.2. The summed E-state index contributed by atoms with van der Waals surface area (Å²) in [6, 6.07) is 4.76. The Morgan fingerprint density at radius 3 is 2.65 bits per heavy atom. The molecule has 0 aliphatic carbocycles. The number of nitrogens with two attached hydrogens (primary N) is 1. The van der Waals surface area contributed by atoms with Gasteiger partial charge in [0.2, 0.25) is 0 Å². The topological polar surface area (TPSA) is 70.8 Å². The Morgan fingerprint density at radius 1 is 1.41 bits per heavy atom. The molecule has 0 saturated carbocycles. The maximum absolute atomic E-state index is 11.6. The maximum atomic E-state index is 11.6. The molecule has 17 heavy (non-hydrogen) atoms. The molecular weight excluding hydrogens is 222 g/mol. The van der Waals surface area contributed by atoms with E-state index in [1.165, 1.54) is 13.2 Å². The normalized spacial score (nSPS) is 11.9. The number of ether oxygens (including phenoxy) is 3. The summed E-state index contributed by atoms with van der Waals surface area (Å²) in [5.41, 5.74) is 6.49. The van der Waals surface area contributed by atoms with Gasteiger partial charge in [-0.1, -0.05) is 0 Å². The number of methoxy groups -OCH3 is 2. The van der Waals surface area contributed by atoms with E-state index in [-0.39, 0.29) is 12.7 Å². The summed E-state index contributed by atoms with van der Waals surface area (Å²) in [5.74, 6) is 0.107. The largest absolute Gasteiger partial charge is 0.495 e. The molecule has 1 atom stereocenters. The van der Waals surface area contributed by atoms with Crippen LogP contribution in [-0.2, 0) is 9.47 Å². The second-order valence-electron chi connectivity index (χ2n) is 3.60. The second kappa shape index (κ2) is 6.10. The van der Waals surface area contributed by atoms with E-state index in [1.807, 2.05) is 6.92 Å². The lowest BCUT2D eigenvalue weighted by molar-refractivity contribution is 0.0169. The van der Waals surface area contributed by atoms with Gasteiger partial charge in [-0.25, -0.2) is 4.79 Å². The number of nitrogen functional groups attached to an aromatic ring is 1. The SMILES string of the molecule is COc1ccc(C(=O)OCC(C)OC)cc1N. The van der Waals surface area contributed by atoms with Gasteiger partial charge in [-0.3, -0.25) is 0 Å². The van der Waals surface area contributed by atoms with Crippen molar-refractivity contribution in [2.24, 2.45) is 0 Å². The third-order valence-electron chi connectivity index (χ3n) is 2.32. The third-order valence-corrected chi connectivity index (χ3v) is 2.32. The van der Waals surface area contributed by atoms with E-state index in [1.54, 1.807) is 19.2 Å². The number of hydrogen-bond donors (Lipinski definition) is 1. The number of carbonyl (C=O) groups excluding carboxylic acids is 1. The Kier molecular flexibility index (Phi) is 4.78. The molecule has 5 nitrogen and oxygen atoms in total. The fraction of sp³-hybridized carbons (Fsp3) is 0.417. The van der Waals surface area contributed by atoms with Crippen molar-refractivity contribution in [2.75, 3.05) is 26.6 Å². The van der Waals surface area contributed by atoms with E-state index in [2.05, 4.69) is 0 Å². The molecule has 1 unspecified atom stereocenters. The fourth-order valence-corrected chi connectivity index (χ4v) is 1.21. The van der Waals surface area contributed by atoms with Crippen LogP contribution in [0.1, 0.15) is 17.3 Å². The number of esters is 1. The molecule has 0 aliphatic rings. The second-order valence-corrected chi connectivity index (χ2v) is 3.60. The van der Waals surface area contributed by atoms with Crippen molar-refractivity contribution < 1.29 is 19.0 Å². The van der Waals surface area contributed by atoms with E-state index >= 15 is 0 Å². The Balaban J connectivity index is 2.66. The van der Waals surface area contributed by atoms with Crippen LogP contribution in [0, 0.1) is 0 Å². The molecule has 0 spiro atoms. The molecule has 1 aromatic rings. The predicted molar refractivity (Wildman–Crippen MR) is 64.2 cm³/mol. The number of hydrogen-bond acceptors (Lipinski definition) is 5. The van der Waals surface area contributed by atoms with Gasteiger partial charge in [0, 0.05) is 7.11 Å². The minimum atomic E-state index is -0.428. The van der Waals surface area contributed by atoms with Gasteiger partial charge in [0.25, 0.3) is 0 Å². The molecule has 0 aromatic heterocycles. The van der Waals surface area contributed by atoms with Crippen LogP contribution in [0.25, 0.3) is 0 Å². The molecule has 94 valence electrons. The molecule has 0 heterocycles. The van der Waals surface area contributed by atoms with Gasteiger partial charge in [-0.05, 0) is 25.1 Å². The summed E-state index contributed by atoms with van der Waals surface area (Å²) < 4.78 is 15.0. The molecule has 2 N–H and O–H groups in total. The Labute approximate surface area is 100 Å². The molecule has 0 radical (unpaired) electrons. The van der Waals surface area contributed by atoms with Gasteiger partial charge in [0.1, 0.15) is 12.4 Å². The highest BCUT2D eigenvalue weighted by atomic mass is 16.6. The van der Waals surface area contributed by atoms with E-state index < -0.39 is 5.97 Å². The van der Waals surface area contributed by atoms with E-state index in [0.29, 0.717) is 17.0 Å². The average Bonchev–Trinajstić information content (AvgIpc) is 2.35. The summed E-state index contributed by atoms with van der Waals surface area (Å²) >= 11 is 0. The van der Waals surface area contributed by atoms with Gasteiger partial charge in [-0.15, -0.1) is 0 Å². The van der Waals surface area contributed by atoms with Crippen LogP contribution in [0.3, 0.4) is 0 Å². The zero-order chi connectivity index (χ0) is 12.8. The standard InChI is InChI=1S/C12H17NO4/c1-8(15-2)7-17-12(14)9-4-5-11(16-3)10(13)6-9/h4-6,8H,7,13H2,1-3H3. The lowest BCUT2D eigenvalue weighted by Crippen LogP contribution is -2.17. The van der Waals surface area contributed by atoms with Crippen molar-refractivity contribution in [3.05, 3.63) is 23.8 Å². The van der Waals surface area contributed by atoms with Gasteiger partial charge < -0.3 is 19.9 Å². The van der Waals surface area contributed by atoms with E-state index in [9.17, 15) is 4.79 Å². The highest BCUT2D eigenvalue weighted by Gasteiger charge is 2.11. The first kappa shape index (κ1) is 13.3. The molecular formula is C12H17NO4. The fourth-order valence-electron chi connectivity index (χ4n) is 1.21.